The van der Waals surface area contributed by atoms with Crippen LogP contribution in [-0.2, 0) is 4.74 Å². The first-order valence-electron chi connectivity index (χ1n) is 4.12. The van der Waals surface area contributed by atoms with Gasteiger partial charge in [0.2, 0.25) is 0 Å². The number of methoxy groups -OCH3 is 1. The molecule has 0 bridgehead atoms. The van der Waals surface area contributed by atoms with E-state index in [4.69, 9.17) is 4.74 Å². The van der Waals surface area contributed by atoms with Crippen LogP contribution in [0.15, 0.2) is 12.7 Å². The standard InChI is InChI=1S/C9H14BrFO/c1-3-6-4-7(11)9(10)8(5-6)12-2/h3,6-9H,1,4-5H2,2H3/t6-,7?,8-,9?/m0/s1. The van der Waals surface area contributed by atoms with Gasteiger partial charge < -0.3 is 4.74 Å². The number of alkyl halides is 2. The molecule has 1 aliphatic rings. The number of hydrogen-bond acceptors (Lipinski definition) is 1. The fourth-order valence-corrected chi connectivity index (χ4v) is 2.24. The average Bonchev–Trinajstić information content (AvgIpc) is 2.09. The van der Waals surface area contributed by atoms with Crippen LogP contribution in [0.2, 0.25) is 0 Å². The first-order chi connectivity index (χ1) is 5.69. The van der Waals surface area contributed by atoms with Gasteiger partial charge in [0.05, 0.1) is 10.9 Å². The van der Waals surface area contributed by atoms with E-state index < -0.39 is 6.17 Å². The Morgan fingerprint density at radius 1 is 1.58 bits per heavy atom. The molecule has 0 N–H and O–H groups in total. The summed E-state index contributed by atoms with van der Waals surface area (Å²) in [6.45, 7) is 3.68. The van der Waals surface area contributed by atoms with Gasteiger partial charge in [-0.1, -0.05) is 22.0 Å². The van der Waals surface area contributed by atoms with Crippen molar-refractivity contribution in [3.63, 3.8) is 0 Å². The summed E-state index contributed by atoms with van der Waals surface area (Å²) in [5, 5.41) is 0. The highest BCUT2D eigenvalue weighted by atomic mass is 79.9. The predicted octanol–water partition coefficient (Wildman–Crippen LogP) is 2.70. The van der Waals surface area contributed by atoms with E-state index in [1.165, 1.54) is 0 Å². The first-order valence-corrected chi connectivity index (χ1v) is 5.04. The van der Waals surface area contributed by atoms with Crippen molar-refractivity contribution in [3.8, 4) is 0 Å². The van der Waals surface area contributed by atoms with Crippen LogP contribution in [-0.4, -0.2) is 24.2 Å². The van der Waals surface area contributed by atoms with Crippen molar-refractivity contribution in [2.24, 2.45) is 5.92 Å². The lowest BCUT2D eigenvalue weighted by Crippen LogP contribution is -2.39. The second-order valence-corrected chi connectivity index (χ2v) is 4.26. The van der Waals surface area contributed by atoms with Gasteiger partial charge in [0, 0.05) is 7.11 Å². The summed E-state index contributed by atoms with van der Waals surface area (Å²) in [6, 6.07) is 0. The van der Waals surface area contributed by atoms with Gasteiger partial charge in [0.15, 0.2) is 0 Å². The molecule has 4 atom stereocenters. The number of hydrogen-bond donors (Lipinski definition) is 0. The molecule has 3 heteroatoms. The van der Waals surface area contributed by atoms with Gasteiger partial charge in [-0.25, -0.2) is 4.39 Å². The highest BCUT2D eigenvalue weighted by Gasteiger charge is 2.35. The van der Waals surface area contributed by atoms with E-state index in [-0.39, 0.29) is 16.8 Å². The number of rotatable bonds is 2. The first kappa shape index (κ1) is 10.2. The van der Waals surface area contributed by atoms with E-state index in [9.17, 15) is 4.39 Å². The molecular weight excluding hydrogens is 223 g/mol. The minimum atomic E-state index is -0.813. The van der Waals surface area contributed by atoms with Crippen LogP contribution < -0.4 is 0 Å². The smallest absolute Gasteiger partial charge is 0.116 e. The third-order valence-corrected chi connectivity index (χ3v) is 3.56. The second kappa shape index (κ2) is 4.38. The van der Waals surface area contributed by atoms with E-state index in [1.54, 1.807) is 7.11 Å². The molecule has 1 fully saturated rings. The Balaban J connectivity index is 2.57. The molecule has 2 unspecified atom stereocenters. The van der Waals surface area contributed by atoms with Crippen molar-refractivity contribution in [2.75, 3.05) is 7.11 Å². The monoisotopic (exact) mass is 236 g/mol. The Labute approximate surface area is 81.1 Å². The van der Waals surface area contributed by atoms with Crippen molar-refractivity contribution in [1.82, 2.24) is 0 Å². The van der Waals surface area contributed by atoms with Crippen molar-refractivity contribution in [2.45, 2.75) is 29.9 Å². The van der Waals surface area contributed by atoms with Crippen LogP contribution in [0.1, 0.15) is 12.8 Å². The van der Waals surface area contributed by atoms with Crippen LogP contribution >= 0.6 is 15.9 Å². The third kappa shape index (κ3) is 2.07. The zero-order valence-electron chi connectivity index (χ0n) is 7.17. The van der Waals surface area contributed by atoms with E-state index in [1.807, 2.05) is 6.08 Å². The predicted molar refractivity (Wildman–Crippen MR) is 51.3 cm³/mol. The van der Waals surface area contributed by atoms with Crippen LogP contribution in [0.5, 0.6) is 0 Å². The van der Waals surface area contributed by atoms with Gasteiger partial charge in [-0.3, -0.25) is 0 Å². The van der Waals surface area contributed by atoms with E-state index in [0.29, 0.717) is 6.42 Å². The van der Waals surface area contributed by atoms with Crippen molar-refractivity contribution in [3.05, 3.63) is 12.7 Å². The van der Waals surface area contributed by atoms with Gasteiger partial charge in [-0.2, -0.15) is 0 Å². The Hall–Kier alpha value is 0.110. The van der Waals surface area contributed by atoms with E-state index in [0.717, 1.165) is 6.42 Å². The third-order valence-electron chi connectivity index (χ3n) is 2.40. The molecule has 0 aromatic rings. The summed E-state index contributed by atoms with van der Waals surface area (Å²) in [5.74, 6) is 0.263. The highest BCUT2D eigenvalue weighted by molar-refractivity contribution is 9.09. The fraction of sp³-hybridized carbons (Fsp3) is 0.778. The highest BCUT2D eigenvalue weighted by Crippen LogP contribution is 2.33. The van der Waals surface area contributed by atoms with Crippen molar-refractivity contribution < 1.29 is 9.13 Å². The average molecular weight is 237 g/mol. The molecule has 0 saturated heterocycles. The van der Waals surface area contributed by atoms with Crippen LogP contribution in [0.4, 0.5) is 4.39 Å². The quantitative estimate of drug-likeness (QED) is 0.530. The molecule has 0 aliphatic heterocycles. The SMILES string of the molecule is C=C[C@H]1CC(F)C(Br)[C@@H](OC)C1. The summed E-state index contributed by atoms with van der Waals surface area (Å²) in [7, 11) is 1.62. The zero-order chi connectivity index (χ0) is 9.14. The normalized spacial score (nSPS) is 42.6. The molecule has 1 rings (SSSR count). The molecule has 0 radical (unpaired) electrons. The summed E-state index contributed by atoms with van der Waals surface area (Å²) in [5.41, 5.74) is 0. The minimum Gasteiger partial charge on any atom is -0.380 e. The topological polar surface area (TPSA) is 9.23 Å². The molecule has 12 heavy (non-hydrogen) atoms. The molecule has 1 aliphatic carbocycles. The van der Waals surface area contributed by atoms with Crippen molar-refractivity contribution >= 4 is 15.9 Å². The maximum absolute atomic E-state index is 13.3. The molecule has 0 spiro atoms. The van der Waals surface area contributed by atoms with Gasteiger partial charge in [0.1, 0.15) is 6.17 Å². The fourth-order valence-electron chi connectivity index (χ4n) is 1.60. The van der Waals surface area contributed by atoms with E-state index in [2.05, 4.69) is 22.5 Å². The Kier molecular flexibility index (Phi) is 3.72. The van der Waals surface area contributed by atoms with Crippen molar-refractivity contribution in [1.29, 1.82) is 0 Å². The van der Waals surface area contributed by atoms with Gasteiger partial charge in [-0.05, 0) is 18.8 Å². The Morgan fingerprint density at radius 2 is 2.25 bits per heavy atom. The number of allylic oxidation sites excluding steroid dienone is 1. The molecule has 0 heterocycles. The van der Waals surface area contributed by atoms with E-state index >= 15 is 0 Å². The summed E-state index contributed by atoms with van der Waals surface area (Å²) in [4.78, 5) is -0.154. The van der Waals surface area contributed by atoms with Gasteiger partial charge >= 0.3 is 0 Å². The lowest BCUT2D eigenvalue weighted by molar-refractivity contribution is 0.0355. The number of halogens is 2. The lowest BCUT2D eigenvalue weighted by Gasteiger charge is -2.33. The molecule has 0 aromatic heterocycles. The molecule has 1 saturated carbocycles. The number of ether oxygens (including phenoxy) is 1. The molecule has 0 amide bonds. The van der Waals surface area contributed by atoms with Gasteiger partial charge in [-0.15, -0.1) is 6.58 Å². The van der Waals surface area contributed by atoms with Gasteiger partial charge in [0.25, 0.3) is 0 Å². The summed E-state index contributed by atoms with van der Waals surface area (Å²) < 4.78 is 18.4. The molecule has 0 aromatic carbocycles. The summed E-state index contributed by atoms with van der Waals surface area (Å²) >= 11 is 3.30. The molecular formula is C9H14BrFO. The molecule has 70 valence electrons. The summed E-state index contributed by atoms with van der Waals surface area (Å²) in [6.07, 6.45) is 2.43. The zero-order valence-corrected chi connectivity index (χ0v) is 8.76. The van der Waals surface area contributed by atoms with Crippen LogP contribution in [0.25, 0.3) is 0 Å². The Bertz CT molecular complexity index is 163. The maximum atomic E-state index is 13.3. The lowest BCUT2D eigenvalue weighted by atomic mass is 9.86. The maximum Gasteiger partial charge on any atom is 0.116 e. The van der Waals surface area contributed by atoms with Crippen LogP contribution in [0, 0.1) is 5.92 Å². The largest absolute Gasteiger partial charge is 0.380 e. The second-order valence-electron chi connectivity index (χ2n) is 3.20. The Morgan fingerprint density at radius 3 is 2.75 bits per heavy atom. The molecule has 1 nitrogen and oxygen atoms in total. The van der Waals surface area contributed by atoms with Crippen LogP contribution in [0.3, 0.4) is 0 Å². The minimum absolute atomic E-state index is 0.0169.